The number of methoxy groups -OCH3 is 1. The summed E-state index contributed by atoms with van der Waals surface area (Å²) in [5.74, 6) is -0.636. The number of carbonyl (C=O) groups is 1. The number of benzene rings is 2. The molecule has 0 saturated heterocycles. The molecule has 0 unspecified atom stereocenters. The van der Waals surface area contributed by atoms with Gasteiger partial charge >= 0.3 is 5.97 Å². The van der Waals surface area contributed by atoms with Crippen molar-refractivity contribution in [2.24, 2.45) is 0 Å². The van der Waals surface area contributed by atoms with E-state index >= 15 is 0 Å². The predicted molar refractivity (Wildman–Crippen MR) is 103 cm³/mol. The number of hydrogen-bond acceptors (Lipinski definition) is 5. The van der Waals surface area contributed by atoms with E-state index in [1.165, 1.54) is 18.3 Å². The van der Waals surface area contributed by atoms with Crippen LogP contribution < -0.4 is 5.32 Å². The fourth-order valence-electron chi connectivity index (χ4n) is 2.30. The van der Waals surface area contributed by atoms with E-state index in [2.05, 4.69) is 10.1 Å². The van der Waals surface area contributed by atoms with Crippen LogP contribution in [0.25, 0.3) is 0 Å². The summed E-state index contributed by atoms with van der Waals surface area (Å²) >= 11 is 0. The van der Waals surface area contributed by atoms with Gasteiger partial charge in [0, 0.05) is 11.9 Å². The number of carbonyl (C=O) groups excluding carboxylic acids is 1. The summed E-state index contributed by atoms with van der Waals surface area (Å²) in [4.78, 5) is 11.7. The first-order valence-electron chi connectivity index (χ1n) is 8.22. The van der Waals surface area contributed by atoms with E-state index in [4.69, 9.17) is 0 Å². The van der Waals surface area contributed by atoms with Crippen molar-refractivity contribution < 1.29 is 17.9 Å². The monoisotopic (exact) mass is 373 g/mol. The van der Waals surface area contributed by atoms with Crippen LogP contribution in [0.3, 0.4) is 0 Å². The zero-order chi connectivity index (χ0) is 19.3. The standard InChI is InChI=1S/C20H23NO4S/c1-14(2)16-7-11-18(12-8-16)26(23,24)19(20(22)25-4)13-21-17-9-5-15(3)6-10-17/h5-14,21H,1-4H3. The van der Waals surface area contributed by atoms with E-state index in [1.807, 2.05) is 32.9 Å². The highest BCUT2D eigenvalue weighted by Crippen LogP contribution is 2.23. The van der Waals surface area contributed by atoms with E-state index in [0.717, 1.165) is 18.2 Å². The van der Waals surface area contributed by atoms with Gasteiger partial charge in [-0.05, 0) is 42.7 Å². The molecule has 5 nitrogen and oxygen atoms in total. The van der Waals surface area contributed by atoms with Gasteiger partial charge in [0.1, 0.15) is 0 Å². The van der Waals surface area contributed by atoms with Crippen molar-refractivity contribution in [3.05, 3.63) is 70.8 Å². The van der Waals surface area contributed by atoms with Crippen molar-refractivity contribution in [1.82, 2.24) is 0 Å². The second-order valence-corrected chi connectivity index (χ2v) is 8.16. The SMILES string of the molecule is COC(=O)C(=CNc1ccc(C)cc1)S(=O)(=O)c1ccc(C(C)C)cc1. The van der Waals surface area contributed by atoms with Gasteiger partial charge in [-0.15, -0.1) is 0 Å². The molecule has 138 valence electrons. The van der Waals surface area contributed by atoms with Crippen LogP contribution in [0.1, 0.15) is 30.9 Å². The molecule has 0 saturated carbocycles. The van der Waals surface area contributed by atoms with E-state index in [9.17, 15) is 13.2 Å². The molecule has 2 rings (SSSR count). The molecule has 0 aliphatic heterocycles. The zero-order valence-electron chi connectivity index (χ0n) is 15.3. The topological polar surface area (TPSA) is 72.5 Å². The highest BCUT2D eigenvalue weighted by Gasteiger charge is 2.28. The van der Waals surface area contributed by atoms with Crippen molar-refractivity contribution in [2.45, 2.75) is 31.6 Å². The molecule has 0 heterocycles. The average molecular weight is 373 g/mol. The van der Waals surface area contributed by atoms with Crippen molar-refractivity contribution in [3.63, 3.8) is 0 Å². The molecule has 6 heteroatoms. The van der Waals surface area contributed by atoms with Crippen molar-refractivity contribution in [2.75, 3.05) is 12.4 Å². The molecule has 0 atom stereocenters. The van der Waals surface area contributed by atoms with Crippen LogP contribution in [-0.2, 0) is 19.4 Å². The molecule has 0 aliphatic carbocycles. The van der Waals surface area contributed by atoms with E-state index in [1.54, 1.807) is 24.3 Å². The Labute approximate surface area is 154 Å². The molecule has 2 aromatic rings. The fraction of sp³-hybridized carbons (Fsp3) is 0.250. The molecule has 1 N–H and O–H groups in total. The van der Waals surface area contributed by atoms with E-state index < -0.39 is 20.7 Å². The van der Waals surface area contributed by atoms with Crippen LogP contribution in [-0.4, -0.2) is 21.5 Å². The minimum atomic E-state index is -4.01. The third-order valence-corrected chi connectivity index (χ3v) is 5.71. The van der Waals surface area contributed by atoms with Gasteiger partial charge in [-0.2, -0.15) is 0 Å². The average Bonchev–Trinajstić information content (AvgIpc) is 2.63. The summed E-state index contributed by atoms with van der Waals surface area (Å²) in [5, 5.41) is 2.85. The molecule has 0 amide bonds. The van der Waals surface area contributed by atoms with Crippen LogP contribution in [0.15, 0.2) is 64.5 Å². The Balaban J connectivity index is 2.39. The number of rotatable bonds is 6. The lowest BCUT2D eigenvalue weighted by atomic mass is 10.0. The molecule has 0 fully saturated rings. The minimum absolute atomic E-state index is 0.0456. The normalized spacial score (nSPS) is 12.1. The van der Waals surface area contributed by atoms with E-state index in [-0.39, 0.29) is 10.8 Å². The summed E-state index contributed by atoms with van der Waals surface area (Å²) in [6, 6.07) is 13.9. The first-order valence-corrected chi connectivity index (χ1v) is 9.70. The maximum atomic E-state index is 12.9. The lowest BCUT2D eigenvalue weighted by molar-refractivity contribution is -0.135. The summed E-state index contributed by atoms with van der Waals surface area (Å²) in [6.07, 6.45) is 1.17. The van der Waals surface area contributed by atoms with Crippen LogP contribution in [0.5, 0.6) is 0 Å². The zero-order valence-corrected chi connectivity index (χ0v) is 16.1. The van der Waals surface area contributed by atoms with Crippen LogP contribution in [0.2, 0.25) is 0 Å². The van der Waals surface area contributed by atoms with Crippen LogP contribution in [0.4, 0.5) is 5.69 Å². The number of sulfone groups is 1. The van der Waals surface area contributed by atoms with Crippen LogP contribution >= 0.6 is 0 Å². The smallest absolute Gasteiger partial charge is 0.351 e. The number of nitrogens with one attached hydrogen (secondary N) is 1. The largest absolute Gasteiger partial charge is 0.465 e. The third kappa shape index (κ3) is 4.52. The second-order valence-electron chi connectivity index (χ2n) is 6.24. The predicted octanol–water partition coefficient (Wildman–Crippen LogP) is 4.02. The number of anilines is 1. The highest BCUT2D eigenvalue weighted by molar-refractivity contribution is 7.96. The summed E-state index contributed by atoms with van der Waals surface area (Å²) in [6.45, 7) is 5.99. The quantitative estimate of drug-likeness (QED) is 0.612. The van der Waals surface area contributed by atoms with E-state index in [0.29, 0.717) is 5.69 Å². The molecular formula is C20H23NO4S. The first kappa shape index (κ1) is 19.7. The van der Waals surface area contributed by atoms with Crippen molar-refractivity contribution in [3.8, 4) is 0 Å². The van der Waals surface area contributed by atoms with Gasteiger partial charge in [0.25, 0.3) is 0 Å². The molecule has 26 heavy (non-hydrogen) atoms. The number of ether oxygens (including phenoxy) is 1. The number of hydrogen-bond donors (Lipinski definition) is 1. The lowest BCUT2D eigenvalue weighted by Crippen LogP contribution is -2.17. The van der Waals surface area contributed by atoms with Crippen molar-refractivity contribution in [1.29, 1.82) is 0 Å². The molecular weight excluding hydrogens is 350 g/mol. The Bertz CT molecular complexity index is 896. The fourth-order valence-corrected chi connectivity index (χ4v) is 3.57. The highest BCUT2D eigenvalue weighted by atomic mass is 32.2. The molecule has 0 bridgehead atoms. The van der Waals surface area contributed by atoms with Gasteiger partial charge in [-0.3, -0.25) is 0 Å². The third-order valence-electron chi connectivity index (χ3n) is 3.95. The van der Waals surface area contributed by atoms with Gasteiger partial charge in [-0.1, -0.05) is 43.7 Å². The summed E-state index contributed by atoms with van der Waals surface area (Å²) in [7, 11) is -2.86. The Morgan fingerprint density at radius 2 is 1.62 bits per heavy atom. The Morgan fingerprint density at radius 1 is 1.04 bits per heavy atom. The van der Waals surface area contributed by atoms with Gasteiger partial charge in [0.2, 0.25) is 9.84 Å². The Hall–Kier alpha value is -2.60. The maximum absolute atomic E-state index is 12.9. The number of aryl methyl sites for hydroxylation is 1. The van der Waals surface area contributed by atoms with Crippen LogP contribution in [0, 0.1) is 6.92 Å². The molecule has 0 aromatic heterocycles. The summed E-state index contributed by atoms with van der Waals surface area (Å²) < 4.78 is 30.4. The maximum Gasteiger partial charge on any atom is 0.351 e. The molecule has 0 aliphatic rings. The minimum Gasteiger partial charge on any atom is -0.465 e. The van der Waals surface area contributed by atoms with Gasteiger partial charge in [0.15, 0.2) is 4.91 Å². The number of esters is 1. The lowest BCUT2D eigenvalue weighted by Gasteiger charge is -2.10. The molecule has 0 spiro atoms. The van der Waals surface area contributed by atoms with Gasteiger partial charge < -0.3 is 10.1 Å². The summed E-state index contributed by atoms with van der Waals surface area (Å²) in [5.41, 5.74) is 2.76. The Kier molecular flexibility index (Phi) is 6.21. The molecule has 0 radical (unpaired) electrons. The van der Waals surface area contributed by atoms with Gasteiger partial charge in [-0.25, -0.2) is 13.2 Å². The van der Waals surface area contributed by atoms with Crippen molar-refractivity contribution >= 4 is 21.5 Å². The van der Waals surface area contributed by atoms with Gasteiger partial charge in [0.05, 0.1) is 12.0 Å². The molecule has 2 aromatic carbocycles. The second kappa shape index (κ2) is 8.19. The first-order chi connectivity index (χ1) is 12.3. The Morgan fingerprint density at radius 3 is 2.12 bits per heavy atom.